The van der Waals surface area contributed by atoms with Gasteiger partial charge in [-0.15, -0.1) is 0 Å². The lowest BCUT2D eigenvalue weighted by Crippen LogP contribution is -2.28. The summed E-state index contributed by atoms with van der Waals surface area (Å²) in [6.07, 6.45) is 2.85. The number of benzene rings is 2. The molecule has 0 saturated carbocycles. The molecule has 2 aromatic carbocycles. The highest BCUT2D eigenvalue weighted by atomic mass is 15.3. The van der Waals surface area contributed by atoms with E-state index < -0.39 is 0 Å². The van der Waals surface area contributed by atoms with Gasteiger partial charge in [0.25, 0.3) is 0 Å². The van der Waals surface area contributed by atoms with Crippen molar-refractivity contribution in [3.63, 3.8) is 0 Å². The maximum atomic E-state index is 4.53. The molecule has 5 rings (SSSR count). The van der Waals surface area contributed by atoms with Crippen LogP contribution in [0.2, 0.25) is 0 Å². The van der Waals surface area contributed by atoms with Crippen LogP contribution < -0.4 is 10.2 Å². The topological polar surface area (TPSA) is 41.0 Å². The molecule has 0 amide bonds. The Morgan fingerprint density at radius 3 is 2.58 bits per heavy atom. The van der Waals surface area contributed by atoms with E-state index in [4.69, 9.17) is 0 Å². The van der Waals surface area contributed by atoms with E-state index in [1.807, 2.05) is 30.3 Å². The van der Waals surface area contributed by atoms with E-state index in [1.165, 1.54) is 17.5 Å². The van der Waals surface area contributed by atoms with Gasteiger partial charge in [0.1, 0.15) is 18.0 Å². The first-order valence-corrected chi connectivity index (χ1v) is 8.38. The first-order chi connectivity index (χ1) is 11.9. The summed E-state index contributed by atoms with van der Waals surface area (Å²) >= 11 is 0. The van der Waals surface area contributed by atoms with Crippen molar-refractivity contribution in [1.82, 2.24) is 9.97 Å². The van der Waals surface area contributed by atoms with Crippen LogP contribution in [-0.2, 0) is 0 Å². The van der Waals surface area contributed by atoms with Gasteiger partial charge in [-0.25, -0.2) is 9.97 Å². The van der Waals surface area contributed by atoms with E-state index in [0.29, 0.717) is 12.0 Å². The van der Waals surface area contributed by atoms with E-state index in [-0.39, 0.29) is 0 Å². The Morgan fingerprint density at radius 1 is 0.917 bits per heavy atom. The van der Waals surface area contributed by atoms with Crippen LogP contribution in [0.4, 0.5) is 17.3 Å². The first-order valence-electron chi connectivity index (χ1n) is 8.38. The van der Waals surface area contributed by atoms with Gasteiger partial charge in [-0.05, 0) is 29.7 Å². The average Bonchev–Trinajstić information content (AvgIpc) is 3.23. The number of hydrogen-bond acceptors (Lipinski definition) is 4. The third kappa shape index (κ3) is 2.14. The number of nitrogens with one attached hydrogen (secondary N) is 1. The molecule has 4 heteroatoms. The van der Waals surface area contributed by atoms with Crippen LogP contribution in [0, 0.1) is 0 Å². The molecule has 0 spiro atoms. The Kier molecular flexibility index (Phi) is 3.01. The van der Waals surface area contributed by atoms with E-state index in [2.05, 4.69) is 50.5 Å². The molecule has 4 nitrogen and oxygen atoms in total. The van der Waals surface area contributed by atoms with Crippen LogP contribution in [0.25, 0.3) is 0 Å². The fraction of sp³-hybridized carbons (Fsp3) is 0.200. The molecular weight excluding hydrogens is 296 g/mol. The molecule has 1 aromatic heterocycles. The molecule has 2 heterocycles. The SMILES string of the molecule is c1ccc(Nc2cc(N3C[C@H]4C[C@H]3c3ccccc34)ncn2)cc1. The lowest BCUT2D eigenvalue weighted by molar-refractivity contribution is 0.729. The third-order valence-electron chi connectivity index (χ3n) is 5.09. The summed E-state index contributed by atoms with van der Waals surface area (Å²) in [6, 6.07) is 21.4. The van der Waals surface area contributed by atoms with Gasteiger partial charge in [0.15, 0.2) is 0 Å². The van der Waals surface area contributed by atoms with Crippen LogP contribution in [0.1, 0.15) is 29.5 Å². The second kappa shape index (κ2) is 5.34. The zero-order chi connectivity index (χ0) is 15.9. The van der Waals surface area contributed by atoms with E-state index in [0.717, 1.165) is 23.9 Å². The molecule has 118 valence electrons. The minimum atomic E-state index is 0.450. The molecule has 1 N–H and O–H groups in total. The molecule has 1 fully saturated rings. The standard InChI is InChI=1S/C20H18N4/c1-2-6-15(7-3-1)23-19-11-20(22-13-21-19)24-12-14-10-18(24)17-9-5-4-8-16(14)17/h1-9,11,13-14,18H,10,12H2,(H,21,22,23)/t14-,18+/m1/s1. The molecule has 2 bridgehead atoms. The second-order valence-corrected chi connectivity index (χ2v) is 6.48. The van der Waals surface area contributed by atoms with Crippen LogP contribution in [0.5, 0.6) is 0 Å². The number of anilines is 3. The first kappa shape index (κ1) is 13.5. The zero-order valence-electron chi connectivity index (χ0n) is 13.3. The Hall–Kier alpha value is -2.88. The molecule has 2 atom stereocenters. The lowest BCUT2D eigenvalue weighted by Gasteiger charge is -2.30. The monoisotopic (exact) mass is 314 g/mol. The molecule has 1 aliphatic heterocycles. The number of nitrogens with zero attached hydrogens (tertiary/aromatic N) is 3. The Balaban J connectivity index is 1.44. The van der Waals surface area contributed by atoms with Gasteiger partial charge in [0.05, 0.1) is 6.04 Å². The maximum absolute atomic E-state index is 4.53. The van der Waals surface area contributed by atoms with Crippen LogP contribution in [0.15, 0.2) is 67.0 Å². The number of rotatable bonds is 3. The summed E-state index contributed by atoms with van der Waals surface area (Å²) in [5.41, 5.74) is 4.02. The highest BCUT2D eigenvalue weighted by molar-refractivity contribution is 5.61. The predicted molar refractivity (Wildman–Crippen MR) is 95.6 cm³/mol. The molecule has 1 saturated heterocycles. The summed E-state index contributed by atoms with van der Waals surface area (Å²) < 4.78 is 0. The minimum Gasteiger partial charge on any atom is -0.349 e. The lowest BCUT2D eigenvalue weighted by atomic mass is 9.99. The predicted octanol–water partition coefficient (Wildman–Crippen LogP) is 4.27. The van der Waals surface area contributed by atoms with Gasteiger partial charge in [0, 0.05) is 24.2 Å². The zero-order valence-corrected chi connectivity index (χ0v) is 13.3. The van der Waals surface area contributed by atoms with Gasteiger partial charge in [-0.2, -0.15) is 0 Å². The molecule has 24 heavy (non-hydrogen) atoms. The van der Waals surface area contributed by atoms with E-state index in [1.54, 1.807) is 6.33 Å². The average molecular weight is 314 g/mol. The highest BCUT2D eigenvalue weighted by Gasteiger charge is 2.42. The minimum absolute atomic E-state index is 0.450. The van der Waals surface area contributed by atoms with Crippen molar-refractivity contribution < 1.29 is 0 Å². The summed E-state index contributed by atoms with van der Waals surface area (Å²) in [5.74, 6) is 2.47. The van der Waals surface area contributed by atoms with Crippen LogP contribution in [-0.4, -0.2) is 16.5 Å². The van der Waals surface area contributed by atoms with Crippen molar-refractivity contribution in [1.29, 1.82) is 0 Å². The smallest absolute Gasteiger partial charge is 0.135 e. The number of hydrogen-bond donors (Lipinski definition) is 1. The van der Waals surface area contributed by atoms with Crippen molar-refractivity contribution in [2.75, 3.05) is 16.8 Å². The maximum Gasteiger partial charge on any atom is 0.135 e. The van der Waals surface area contributed by atoms with Gasteiger partial charge in [-0.1, -0.05) is 42.5 Å². The fourth-order valence-electron chi connectivity index (χ4n) is 4.04. The quantitative estimate of drug-likeness (QED) is 0.784. The van der Waals surface area contributed by atoms with Crippen molar-refractivity contribution in [3.05, 3.63) is 78.1 Å². The summed E-state index contributed by atoms with van der Waals surface area (Å²) in [7, 11) is 0. The number of aromatic nitrogens is 2. The van der Waals surface area contributed by atoms with Gasteiger partial charge < -0.3 is 10.2 Å². The van der Waals surface area contributed by atoms with E-state index in [9.17, 15) is 0 Å². The second-order valence-electron chi connectivity index (χ2n) is 6.48. The van der Waals surface area contributed by atoms with Crippen LogP contribution >= 0.6 is 0 Å². The van der Waals surface area contributed by atoms with Crippen molar-refractivity contribution >= 4 is 17.3 Å². The van der Waals surface area contributed by atoms with Gasteiger partial charge in [0.2, 0.25) is 0 Å². The Labute approximate surface area is 141 Å². The molecule has 0 unspecified atom stereocenters. The summed E-state index contributed by atoms with van der Waals surface area (Å²) in [4.78, 5) is 11.3. The third-order valence-corrected chi connectivity index (χ3v) is 5.09. The largest absolute Gasteiger partial charge is 0.349 e. The fourth-order valence-corrected chi connectivity index (χ4v) is 4.04. The molecule has 3 aromatic rings. The van der Waals surface area contributed by atoms with Crippen LogP contribution in [0.3, 0.4) is 0 Å². The Bertz CT molecular complexity index is 878. The van der Waals surface area contributed by atoms with Crippen molar-refractivity contribution in [2.24, 2.45) is 0 Å². The van der Waals surface area contributed by atoms with Gasteiger partial charge in [-0.3, -0.25) is 0 Å². The van der Waals surface area contributed by atoms with Crippen molar-refractivity contribution in [3.8, 4) is 0 Å². The highest BCUT2D eigenvalue weighted by Crippen LogP contribution is 2.51. The number of fused-ring (bicyclic) bond motifs is 5. The Morgan fingerprint density at radius 2 is 1.71 bits per heavy atom. The molecule has 1 aliphatic carbocycles. The van der Waals surface area contributed by atoms with Crippen molar-refractivity contribution in [2.45, 2.75) is 18.4 Å². The molecule has 2 aliphatic rings. The normalized spacial score (nSPS) is 20.9. The summed E-state index contributed by atoms with van der Waals surface area (Å²) in [5, 5.41) is 3.35. The summed E-state index contributed by atoms with van der Waals surface area (Å²) in [6.45, 7) is 1.05. The van der Waals surface area contributed by atoms with Gasteiger partial charge >= 0.3 is 0 Å². The molecular formula is C20H18N4. The number of para-hydroxylation sites is 1. The molecule has 0 radical (unpaired) electrons. The van der Waals surface area contributed by atoms with E-state index >= 15 is 0 Å².